The Labute approximate surface area is 139 Å². The highest BCUT2D eigenvalue weighted by Crippen LogP contribution is 2.25. The Morgan fingerprint density at radius 3 is 2.95 bits per heavy atom. The van der Waals surface area contributed by atoms with Crippen LogP contribution in [-0.4, -0.2) is 10.9 Å². The fraction of sp³-hybridized carbons (Fsp3) is 0.0667. The number of benzene rings is 1. The molecule has 106 valence electrons. The van der Waals surface area contributed by atoms with E-state index in [-0.39, 0.29) is 5.91 Å². The second-order valence-electron chi connectivity index (χ2n) is 4.43. The summed E-state index contributed by atoms with van der Waals surface area (Å²) in [6.45, 7) is 2.01. The van der Waals surface area contributed by atoms with Gasteiger partial charge in [-0.15, -0.1) is 11.3 Å². The lowest BCUT2D eigenvalue weighted by Crippen LogP contribution is -2.12. The minimum atomic E-state index is -0.159. The summed E-state index contributed by atoms with van der Waals surface area (Å²) in [5.41, 5.74) is 2.50. The van der Waals surface area contributed by atoms with Gasteiger partial charge >= 0.3 is 0 Å². The van der Waals surface area contributed by atoms with Crippen LogP contribution < -0.4 is 5.32 Å². The highest BCUT2D eigenvalue weighted by molar-refractivity contribution is 14.1. The Morgan fingerprint density at radius 2 is 2.24 bits per heavy atom. The fourth-order valence-corrected chi connectivity index (χ4v) is 2.98. The topological polar surface area (TPSA) is 55.1 Å². The Bertz CT molecular complexity index is 781. The van der Waals surface area contributed by atoms with Crippen LogP contribution in [0.25, 0.3) is 11.5 Å². The molecule has 0 fully saturated rings. The highest BCUT2D eigenvalue weighted by Gasteiger charge is 2.11. The molecule has 3 aromatic rings. The summed E-state index contributed by atoms with van der Waals surface area (Å²) >= 11 is 3.59. The third-order valence-corrected chi connectivity index (χ3v) is 4.85. The Kier molecular flexibility index (Phi) is 4.07. The van der Waals surface area contributed by atoms with Crippen LogP contribution in [-0.2, 0) is 0 Å². The number of amides is 1. The number of thiazole rings is 1. The quantitative estimate of drug-likeness (QED) is 0.644. The van der Waals surface area contributed by atoms with Gasteiger partial charge in [0.1, 0.15) is 5.69 Å². The number of carbonyl (C=O) groups excluding carboxylic acids is 1. The van der Waals surface area contributed by atoms with Gasteiger partial charge < -0.3 is 4.42 Å². The molecule has 1 aromatic carbocycles. The molecule has 1 amide bonds. The average molecular weight is 410 g/mol. The second kappa shape index (κ2) is 5.98. The molecule has 0 saturated carbocycles. The van der Waals surface area contributed by atoms with E-state index in [1.54, 1.807) is 12.3 Å². The van der Waals surface area contributed by atoms with Crippen molar-refractivity contribution in [3.63, 3.8) is 0 Å². The molecule has 4 nitrogen and oxygen atoms in total. The van der Waals surface area contributed by atoms with Gasteiger partial charge in [0, 0.05) is 14.5 Å². The molecule has 0 bridgehead atoms. The molecule has 0 spiro atoms. The van der Waals surface area contributed by atoms with Crippen LogP contribution in [0.15, 0.2) is 46.4 Å². The molecule has 2 heterocycles. The zero-order valence-electron chi connectivity index (χ0n) is 11.1. The zero-order valence-corrected chi connectivity index (χ0v) is 14.1. The largest absolute Gasteiger partial charge is 0.463 e. The smallest absolute Gasteiger partial charge is 0.257 e. The lowest BCUT2D eigenvalue weighted by Gasteiger charge is -2.04. The van der Waals surface area contributed by atoms with Crippen molar-refractivity contribution >= 4 is 45.0 Å². The molecule has 0 unspecified atom stereocenters. The van der Waals surface area contributed by atoms with E-state index in [1.807, 2.05) is 36.6 Å². The Balaban J connectivity index is 1.77. The number of halogens is 1. The van der Waals surface area contributed by atoms with E-state index in [9.17, 15) is 4.79 Å². The maximum atomic E-state index is 12.2. The fourth-order valence-electron chi connectivity index (χ4n) is 1.77. The predicted octanol–water partition coefficient (Wildman–Crippen LogP) is 4.57. The number of aromatic nitrogens is 1. The van der Waals surface area contributed by atoms with Gasteiger partial charge in [-0.05, 0) is 59.3 Å². The minimum Gasteiger partial charge on any atom is -0.463 e. The predicted molar refractivity (Wildman–Crippen MR) is 91.7 cm³/mol. The summed E-state index contributed by atoms with van der Waals surface area (Å²) < 4.78 is 6.35. The van der Waals surface area contributed by atoms with Crippen molar-refractivity contribution in [2.75, 3.05) is 5.32 Å². The zero-order chi connectivity index (χ0) is 14.8. The summed E-state index contributed by atoms with van der Waals surface area (Å²) in [7, 11) is 0. The molecule has 0 saturated heterocycles. The summed E-state index contributed by atoms with van der Waals surface area (Å²) in [5, 5.41) is 5.22. The van der Waals surface area contributed by atoms with E-state index in [1.165, 1.54) is 11.3 Å². The summed E-state index contributed by atoms with van der Waals surface area (Å²) in [6.07, 6.45) is 1.60. The number of aryl methyl sites for hydroxylation is 1. The first-order chi connectivity index (χ1) is 10.1. The number of hydrogen-bond acceptors (Lipinski definition) is 4. The molecular formula is C15H11IN2O2S. The van der Waals surface area contributed by atoms with Gasteiger partial charge in [0.25, 0.3) is 5.91 Å². The van der Waals surface area contributed by atoms with E-state index in [0.717, 1.165) is 14.8 Å². The van der Waals surface area contributed by atoms with E-state index in [0.29, 0.717) is 16.5 Å². The van der Waals surface area contributed by atoms with Gasteiger partial charge in [0.15, 0.2) is 10.9 Å². The molecule has 21 heavy (non-hydrogen) atoms. The molecule has 0 aliphatic carbocycles. The van der Waals surface area contributed by atoms with E-state index >= 15 is 0 Å². The molecule has 3 rings (SSSR count). The van der Waals surface area contributed by atoms with Crippen molar-refractivity contribution in [1.29, 1.82) is 0 Å². The maximum absolute atomic E-state index is 12.2. The van der Waals surface area contributed by atoms with Crippen LogP contribution in [0.1, 0.15) is 15.9 Å². The van der Waals surface area contributed by atoms with Crippen LogP contribution in [0.2, 0.25) is 0 Å². The Hall–Kier alpha value is -1.67. The first-order valence-corrected chi connectivity index (χ1v) is 8.16. The molecule has 2 aromatic heterocycles. The monoisotopic (exact) mass is 410 g/mol. The normalized spacial score (nSPS) is 10.6. The van der Waals surface area contributed by atoms with Crippen molar-refractivity contribution in [3.8, 4) is 11.5 Å². The third-order valence-electron chi connectivity index (χ3n) is 2.93. The molecule has 6 heteroatoms. The number of nitrogens with zero attached hydrogens (tertiary/aromatic N) is 1. The second-order valence-corrected chi connectivity index (χ2v) is 6.45. The number of hydrogen-bond donors (Lipinski definition) is 1. The number of rotatable bonds is 3. The van der Waals surface area contributed by atoms with Crippen molar-refractivity contribution < 1.29 is 9.21 Å². The van der Waals surface area contributed by atoms with Crippen LogP contribution >= 0.6 is 33.9 Å². The van der Waals surface area contributed by atoms with Crippen LogP contribution in [0, 0.1) is 10.5 Å². The number of anilines is 1. The van der Waals surface area contributed by atoms with Crippen molar-refractivity contribution in [3.05, 3.63) is 56.7 Å². The molecule has 0 aliphatic heterocycles. The number of furan rings is 1. The third kappa shape index (κ3) is 3.16. The van der Waals surface area contributed by atoms with Gasteiger partial charge in [-0.25, -0.2) is 4.98 Å². The number of carbonyl (C=O) groups is 1. The average Bonchev–Trinajstić information content (AvgIpc) is 3.12. The van der Waals surface area contributed by atoms with E-state index in [2.05, 4.69) is 32.9 Å². The molecule has 0 radical (unpaired) electrons. The van der Waals surface area contributed by atoms with Gasteiger partial charge in [0.2, 0.25) is 0 Å². The maximum Gasteiger partial charge on any atom is 0.257 e. The molecular weight excluding hydrogens is 399 g/mol. The van der Waals surface area contributed by atoms with Crippen molar-refractivity contribution in [2.24, 2.45) is 0 Å². The molecule has 0 aliphatic rings. The van der Waals surface area contributed by atoms with Crippen LogP contribution in [0.4, 0.5) is 5.13 Å². The lowest BCUT2D eigenvalue weighted by atomic mass is 10.1. The van der Waals surface area contributed by atoms with Crippen LogP contribution in [0.5, 0.6) is 0 Å². The SMILES string of the molecule is Cc1ccc(C(=O)Nc2nc(-c3ccco3)cs2)cc1I. The van der Waals surface area contributed by atoms with Gasteiger partial charge in [0.05, 0.1) is 6.26 Å². The van der Waals surface area contributed by atoms with E-state index in [4.69, 9.17) is 4.42 Å². The van der Waals surface area contributed by atoms with Crippen molar-refractivity contribution in [2.45, 2.75) is 6.92 Å². The molecule has 0 atom stereocenters. The number of nitrogens with one attached hydrogen (secondary N) is 1. The molecule has 1 N–H and O–H groups in total. The standard InChI is InChI=1S/C15H11IN2O2S/c1-9-4-5-10(7-11(9)16)14(19)18-15-17-12(8-21-15)13-3-2-6-20-13/h2-8H,1H3,(H,17,18,19). The van der Waals surface area contributed by atoms with Gasteiger partial charge in [-0.1, -0.05) is 6.07 Å². The van der Waals surface area contributed by atoms with Crippen LogP contribution in [0.3, 0.4) is 0 Å². The Morgan fingerprint density at radius 1 is 1.38 bits per heavy atom. The summed E-state index contributed by atoms with van der Waals surface area (Å²) in [4.78, 5) is 16.6. The first-order valence-electron chi connectivity index (χ1n) is 6.20. The van der Waals surface area contributed by atoms with Gasteiger partial charge in [-0.3, -0.25) is 10.1 Å². The van der Waals surface area contributed by atoms with E-state index < -0.39 is 0 Å². The highest BCUT2D eigenvalue weighted by atomic mass is 127. The minimum absolute atomic E-state index is 0.159. The summed E-state index contributed by atoms with van der Waals surface area (Å²) in [6, 6.07) is 9.26. The summed E-state index contributed by atoms with van der Waals surface area (Å²) in [5.74, 6) is 0.532. The first kappa shape index (κ1) is 14.3. The lowest BCUT2D eigenvalue weighted by molar-refractivity contribution is 0.102. The van der Waals surface area contributed by atoms with Crippen molar-refractivity contribution in [1.82, 2.24) is 4.98 Å². The van der Waals surface area contributed by atoms with Gasteiger partial charge in [-0.2, -0.15) is 0 Å².